The van der Waals surface area contributed by atoms with Crippen molar-refractivity contribution in [1.82, 2.24) is 14.2 Å². The molecule has 1 saturated heterocycles. The van der Waals surface area contributed by atoms with Gasteiger partial charge in [0.05, 0.1) is 21.2 Å². The molecule has 0 saturated carbocycles. The van der Waals surface area contributed by atoms with Crippen molar-refractivity contribution < 1.29 is 13.2 Å². The first-order chi connectivity index (χ1) is 15.8. The van der Waals surface area contributed by atoms with Crippen molar-refractivity contribution in [2.75, 3.05) is 13.1 Å². The number of amides is 1. The van der Waals surface area contributed by atoms with Gasteiger partial charge in [-0.2, -0.15) is 4.31 Å². The van der Waals surface area contributed by atoms with Crippen LogP contribution in [0, 0.1) is 5.92 Å². The van der Waals surface area contributed by atoms with Crippen LogP contribution in [-0.4, -0.2) is 36.3 Å². The van der Waals surface area contributed by atoms with Gasteiger partial charge in [0.1, 0.15) is 0 Å². The van der Waals surface area contributed by atoms with Gasteiger partial charge in [0.25, 0.3) is 0 Å². The quantitative estimate of drug-likeness (QED) is 0.615. The monoisotopic (exact) mass is 485 g/mol. The minimum atomic E-state index is -3.68. The lowest BCUT2D eigenvalue weighted by molar-refractivity contribution is -0.127. The molecule has 0 radical (unpaired) electrons. The molecule has 174 valence electrons. The summed E-state index contributed by atoms with van der Waals surface area (Å²) < 4.78 is 30.0. The Morgan fingerprint density at radius 1 is 1.09 bits per heavy atom. The van der Waals surface area contributed by atoms with E-state index in [1.165, 1.54) is 20.0 Å². The van der Waals surface area contributed by atoms with Crippen molar-refractivity contribution in [1.29, 1.82) is 0 Å². The largest absolute Gasteiger partial charge is 0.349 e. The Labute approximate surface area is 197 Å². The molecule has 9 heteroatoms. The van der Waals surface area contributed by atoms with Gasteiger partial charge in [0.2, 0.25) is 15.9 Å². The average Bonchev–Trinajstić information content (AvgIpc) is 3.12. The highest BCUT2D eigenvalue weighted by molar-refractivity contribution is 7.89. The van der Waals surface area contributed by atoms with Crippen molar-refractivity contribution in [3.63, 3.8) is 0 Å². The zero-order valence-electron chi connectivity index (χ0n) is 18.5. The number of aryl methyl sites for hydroxylation is 2. The normalized spacial score (nSPS) is 20.0. The molecular weight excluding hydrogens is 458 g/mol. The molecule has 2 aliphatic rings. The van der Waals surface area contributed by atoms with E-state index in [1.54, 1.807) is 25.2 Å². The SMILES string of the molecule is Cn1c(=O)sc2cc(S(=O)(=O)N3CCC(C(=O)NC4CCCc5ccccc54)CC3)ccc21. The molecule has 3 aromatic rings. The maximum Gasteiger partial charge on any atom is 0.307 e. The van der Waals surface area contributed by atoms with Crippen LogP contribution in [0.2, 0.25) is 0 Å². The second-order valence-corrected chi connectivity index (χ2v) is 11.8. The molecule has 1 atom stereocenters. The predicted molar refractivity (Wildman–Crippen MR) is 129 cm³/mol. The van der Waals surface area contributed by atoms with Gasteiger partial charge in [-0.25, -0.2) is 8.42 Å². The van der Waals surface area contributed by atoms with Crippen LogP contribution in [0.1, 0.15) is 42.9 Å². The first kappa shape index (κ1) is 22.3. The number of piperidine rings is 1. The van der Waals surface area contributed by atoms with Gasteiger partial charge in [-0.1, -0.05) is 35.6 Å². The molecule has 1 aliphatic heterocycles. The number of hydrogen-bond acceptors (Lipinski definition) is 5. The molecule has 1 unspecified atom stereocenters. The third-order valence-electron chi connectivity index (χ3n) is 6.91. The van der Waals surface area contributed by atoms with Crippen LogP contribution in [0.15, 0.2) is 52.2 Å². The smallest absolute Gasteiger partial charge is 0.307 e. The van der Waals surface area contributed by atoms with Crippen molar-refractivity contribution in [2.24, 2.45) is 13.0 Å². The molecule has 2 aromatic carbocycles. The average molecular weight is 486 g/mol. The van der Waals surface area contributed by atoms with Gasteiger partial charge in [-0.15, -0.1) is 0 Å². The molecule has 0 bridgehead atoms. The van der Waals surface area contributed by atoms with Gasteiger partial charge in [0, 0.05) is 26.1 Å². The van der Waals surface area contributed by atoms with Gasteiger partial charge in [-0.3, -0.25) is 9.59 Å². The van der Waals surface area contributed by atoms with Crippen LogP contribution in [0.4, 0.5) is 0 Å². The summed E-state index contributed by atoms with van der Waals surface area (Å²) in [5, 5.41) is 3.22. The molecule has 5 rings (SSSR count). The Balaban J connectivity index is 1.25. The summed E-state index contributed by atoms with van der Waals surface area (Å²) >= 11 is 1.04. The Morgan fingerprint density at radius 2 is 1.85 bits per heavy atom. The Hall–Kier alpha value is -2.49. The molecule has 1 fully saturated rings. The van der Waals surface area contributed by atoms with Crippen LogP contribution in [-0.2, 0) is 28.3 Å². The zero-order valence-corrected chi connectivity index (χ0v) is 20.1. The zero-order chi connectivity index (χ0) is 23.2. The predicted octanol–water partition coefficient (Wildman–Crippen LogP) is 3.19. The lowest BCUT2D eigenvalue weighted by Crippen LogP contribution is -2.44. The number of fused-ring (bicyclic) bond motifs is 2. The fourth-order valence-corrected chi connectivity index (χ4v) is 7.47. The van der Waals surface area contributed by atoms with E-state index < -0.39 is 10.0 Å². The highest BCUT2D eigenvalue weighted by Gasteiger charge is 2.33. The number of nitrogens with one attached hydrogen (secondary N) is 1. The summed E-state index contributed by atoms with van der Waals surface area (Å²) in [7, 11) is -2.00. The highest BCUT2D eigenvalue weighted by Crippen LogP contribution is 2.31. The topological polar surface area (TPSA) is 88.5 Å². The minimum Gasteiger partial charge on any atom is -0.349 e. The molecule has 1 aromatic heterocycles. The molecular formula is C24H27N3O4S2. The number of rotatable bonds is 4. The van der Waals surface area contributed by atoms with Crippen molar-refractivity contribution in [2.45, 2.75) is 43.0 Å². The first-order valence-electron chi connectivity index (χ1n) is 11.3. The van der Waals surface area contributed by atoms with Gasteiger partial charge < -0.3 is 9.88 Å². The molecule has 33 heavy (non-hydrogen) atoms. The molecule has 1 aliphatic carbocycles. The third-order valence-corrected chi connectivity index (χ3v) is 9.80. The van der Waals surface area contributed by atoms with E-state index in [9.17, 15) is 18.0 Å². The van der Waals surface area contributed by atoms with Gasteiger partial charge >= 0.3 is 4.87 Å². The molecule has 2 heterocycles. The number of carbonyl (C=O) groups is 1. The first-order valence-corrected chi connectivity index (χ1v) is 13.6. The second-order valence-electron chi connectivity index (χ2n) is 8.89. The lowest BCUT2D eigenvalue weighted by atomic mass is 9.87. The fourth-order valence-electron chi connectivity index (χ4n) is 4.98. The summed E-state index contributed by atoms with van der Waals surface area (Å²) in [5.41, 5.74) is 3.23. The number of benzene rings is 2. The number of aromatic nitrogens is 1. The van der Waals surface area contributed by atoms with Gasteiger partial charge in [-0.05, 0) is 61.4 Å². The second kappa shape index (κ2) is 8.70. The molecule has 7 nitrogen and oxygen atoms in total. The standard InChI is InChI=1S/C24H27N3O4S2/c1-26-21-10-9-18(15-22(21)32-24(26)29)33(30,31)27-13-11-17(12-14-27)23(28)25-20-8-4-6-16-5-2-3-7-19(16)20/h2-3,5,7,9-10,15,17,20H,4,6,8,11-14H2,1H3,(H,25,28). The van der Waals surface area contributed by atoms with Crippen LogP contribution < -0.4 is 10.2 Å². The van der Waals surface area contributed by atoms with E-state index in [4.69, 9.17) is 0 Å². The van der Waals surface area contributed by atoms with E-state index in [0.29, 0.717) is 30.6 Å². The summed E-state index contributed by atoms with van der Waals surface area (Å²) in [6.07, 6.45) is 4.04. The highest BCUT2D eigenvalue weighted by atomic mass is 32.2. The molecule has 0 spiro atoms. The number of thiazole rings is 1. The maximum atomic E-state index is 13.2. The van der Waals surface area contributed by atoms with E-state index in [-0.39, 0.29) is 27.6 Å². The van der Waals surface area contributed by atoms with Gasteiger partial charge in [0.15, 0.2) is 0 Å². The number of sulfonamides is 1. The molecule has 1 N–H and O–H groups in total. The van der Waals surface area contributed by atoms with Crippen LogP contribution >= 0.6 is 11.3 Å². The minimum absolute atomic E-state index is 0.0178. The van der Waals surface area contributed by atoms with E-state index in [0.717, 1.165) is 36.1 Å². The van der Waals surface area contributed by atoms with E-state index >= 15 is 0 Å². The summed E-state index contributed by atoms with van der Waals surface area (Å²) in [6.45, 7) is 0.621. The lowest BCUT2D eigenvalue weighted by Gasteiger charge is -2.32. The summed E-state index contributed by atoms with van der Waals surface area (Å²) in [4.78, 5) is 24.9. The van der Waals surface area contributed by atoms with Crippen molar-refractivity contribution in [3.05, 3.63) is 63.3 Å². The third kappa shape index (κ3) is 4.13. The van der Waals surface area contributed by atoms with Crippen molar-refractivity contribution >= 4 is 37.5 Å². The fraction of sp³-hybridized carbons (Fsp3) is 0.417. The molecule has 1 amide bonds. The number of nitrogens with zero attached hydrogens (tertiary/aromatic N) is 2. The Morgan fingerprint density at radius 3 is 2.64 bits per heavy atom. The van der Waals surface area contributed by atoms with Crippen LogP contribution in [0.25, 0.3) is 10.2 Å². The summed E-state index contributed by atoms with van der Waals surface area (Å²) in [5.74, 6) is -0.170. The van der Waals surface area contributed by atoms with E-state index in [2.05, 4.69) is 17.4 Å². The van der Waals surface area contributed by atoms with Crippen LogP contribution in [0.3, 0.4) is 0 Å². The Kier molecular flexibility index (Phi) is 5.88. The maximum absolute atomic E-state index is 13.2. The van der Waals surface area contributed by atoms with Crippen LogP contribution in [0.5, 0.6) is 0 Å². The Bertz CT molecular complexity index is 1370. The summed E-state index contributed by atoms with van der Waals surface area (Å²) in [6, 6.07) is 13.1. The number of hydrogen-bond donors (Lipinski definition) is 1. The van der Waals surface area contributed by atoms with Crippen molar-refractivity contribution in [3.8, 4) is 0 Å². The van der Waals surface area contributed by atoms with E-state index in [1.807, 2.05) is 12.1 Å². The number of carbonyl (C=O) groups excluding carboxylic acids is 1.